The minimum Gasteiger partial charge on any atom is -0.481 e. The van der Waals surface area contributed by atoms with Gasteiger partial charge in [-0.25, -0.2) is 0 Å². The molecule has 0 heterocycles. The molecule has 1 fully saturated rings. The Kier molecular flexibility index (Phi) is 4.55. The van der Waals surface area contributed by atoms with Gasteiger partial charge in [-0.15, -0.1) is 0 Å². The van der Waals surface area contributed by atoms with Crippen LogP contribution in [-0.2, 0) is 9.59 Å². The van der Waals surface area contributed by atoms with Gasteiger partial charge in [0.15, 0.2) is 0 Å². The summed E-state index contributed by atoms with van der Waals surface area (Å²) in [6.07, 6.45) is 2.02. The lowest BCUT2D eigenvalue weighted by molar-refractivity contribution is -0.141. The van der Waals surface area contributed by atoms with Crippen LogP contribution in [0.2, 0.25) is 0 Å². The topological polar surface area (TPSA) is 78.4 Å². The summed E-state index contributed by atoms with van der Waals surface area (Å²) in [5.74, 6) is -0.820. The highest BCUT2D eigenvalue weighted by atomic mass is 16.4. The standard InChI is InChI=1S/C10H18N2O3/c1-7(10(14)15)6-11-4-5-12-9(13)8-2-3-8/h7-8,11H,2-6H2,1H3,(H,12,13)(H,14,15). The Balaban J connectivity index is 1.92. The van der Waals surface area contributed by atoms with Gasteiger partial charge in [-0.2, -0.15) is 0 Å². The third-order valence-corrected chi connectivity index (χ3v) is 2.42. The SMILES string of the molecule is CC(CNCCNC(=O)C1CC1)C(=O)O. The predicted molar refractivity (Wildman–Crippen MR) is 55.4 cm³/mol. The normalized spacial score (nSPS) is 17.1. The molecule has 0 aromatic rings. The number of carbonyl (C=O) groups is 2. The van der Waals surface area contributed by atoms with Gasteiger partial charge in [0.25, 0.3) is 0 Å². The van der Waals surface area contributed by atoms with Gasteiger partial charge in [0.05, 0.1) is 5.92 Å². The van der Waals surface area contributed by atoms with Crippen molar-refractivity contribution in [1.29, 1.82) is 0 Å². The molecule has 15 heavy (non-hydrogen) atoms. The summed E-state index contributed by atoms with van der Waals surface area (Å²) in [4.78, 5) is 21.6. The van der Waals surface area contributed by atoms with E-state index in [0.29, 0.717) is 19.6 Å². The molecule has 0 aromatic carbocycles. The molecule has 1 unspecified atom stereocenters. The van der Waals surface area contributed by atoms with Gasteiger partial charge < -0.3 is 15.7 Å². The highest BCUT2D eigenvalue weighted by Crippen LogP contribution is 2.28. The summed E-state index contributed by atoms with van der Waals surface area (Å²) in [6, 6.07) is 0. The summed E-state index contributed by atoms with van der Waals surface area (Å²) in [6.45, 7) is 3.28. The van der Waals surface area contributed by atoms with Crippen LogP contribution in [0.3, 0.4) is 0 Å². The second-order valence-electron chi connectivity index (χ2n) is 4.01. The number of carboxylic acids is 1. The first-order chi connectivity index (χ1) is 7.11. The number of rotatable bonds is 7. The van der Waals surface area contributed by atoms with Crippen molar-refractivity contribution in [2.45, 2.75) is 19.8 Å². The number of amides is 1. The minimum atomic E-state index is -0.801. The van der Waals surface area contributed by atoms with Crippen LogP contribution in [0, 0.1) is 11.8 Å². The Bertz CT molecular complexity index is 239. The first-order valence-corrected chi connectivity index (χ1v) is 5.32. The van der Waals surface area contributed by atoms with Gasteiger partial charge in [0, 0.05) is 25.6 Å². The van der Waals surface area contributed by atoms with Crippen molar-refractivity contribution < 1.29 is 14.7 Å². The fourth-order valence-corrected chi connectivity index (χ4v) is 1.17. The molecule has 5 nitrogen and oxygen atoms in total. The highest BCUT2D eigenvalue weighted by Gasteiger charge is 2.28. The number of aliphatic carboxylic acids is 1. The molecule has 86 valence electrons. The molecule has 1 rings (SSSR count). The van der Waals surface area contributed by atoms with E-state index in [1.165, 1.54) is 0 Å². The maximum absolute atomic E-state index is 11.2. The van der Waals surface area contributed by atoms with Gasteiger partial charge in [-0.3, -0.25) is 9.59 Å². The third kappa shape index (κ3) is 4.78. The van der Waals surface area contributed by atoms with Crippen LogP contribution in [0.5, 0.6) is 0 Å². The molecule has 0 bridgehead atoms. The fourth-order valence-electron chi connectivity index (χ4n) is 1.17. The maximum Gasteiger partial charge on any atom is 0.307 e. The van der Waals surface area contributed by atoms with E-state index in [0.717, 1.165) is 12.8 Å². The molecule has 1 atom stereocenters. The fraction of sp³-hybridized carbons (Fsp3) is 0.800. The number of carboxylic acid groups (broad SMARTS) is 1. The van der Waals surface area contributed by atoms with Crippen molar-refractivity contribution in [2.24, 2.45) is 11.8 Å². The molecule has 3 N–H and O–H groups in total. The Labute approximate surface area is 89.2 Å². The Morgan fingerprint density at radius 2 is 2.07 bits per heavy atom. The van der Waals surface area contributed by atoms with E-state index in [-0.39, 0.29) is 17.7 Å². The molecule has 1 aliphatic carbocycles. The molecule has 5 heteroatoms. The number of hydrogen-bond donors (Lipinski definition) is 3. The van der Waals surface area contributed by atoms with Crippen molar-refractivity contribution in [3.05, 3.63) is 0 Å². The van der Waals surface area contributed by atoms with Crippen LogP contribution in [0.1, 0.15) is 19.8 Å². The Hall–Kier alpha value is -1.10. The van der Waals surface area contributed by atoms with Crippen LogP contribution < -0.4 is 10.6 Å². The van der Waals surface area contributed by atoms with Crippen molar-refractivity contribution in [1.82, 2.24) is 10.6 Å². The lowest BCUT2D eigenvalue weighted by Crippen LogP contribution is -2.35. The van der Waals surface area contributed by atoms with E-state index < -0.39 is 5.97 Å². The first kappa shape index (κ1) is 12.0. The third-order valence-electron chi connectivity index (χ3n) is 2.42. The summed E-state index contributed by atoms with van der Waals surface area (Å²) in [7, 11) is 0. The summed E-state index contributed by atoms with van der Waals surface area (Å²) >= 11 is 0. The van der Waals surface area contributed by atoms with E-state index >= 15 is 0 Å². The van der Waals surface area contributed by atoms with Gasteiger partial charge in [-0.05, 0) is 12.8 Å². The molecular weight excluding hydrogens is 196 g/mol. The van der Waals surface area contributed by atoms with E-state index in [2.05, 4.69) is 10.6 Å². The average Bonchev–Trinajstić information content (AvgIpc) is 2.99. The largest absolute Gasteiger partial charge is 0.481 e. The number of hydrogen-bond acceptors (Lipinski definition) is 3. The van der Waals surface area contributed by atoms with Gasteiger partial charge in [-0.1, -0.05) is 6.92 Å². The number of carbonyl (C=O) groups excluding carboxylic acids is 1. The smallest absolute Gasteiger partial charge is 0.307 e. The molecule has 0 spiro atoms. The summed E-state index contributed by atoms with van der Waals surface area (Å²) in [5.41, 5.74) is 0. The second-order valence-corrected chi connectivity index (χ2v) is 4.01. The molecule has 0 saturated heterocycles. The monoisotopic (exact) mass is 214 g/mol. The zero-order chi connectivity index (χ0) is 11.3. The lowest BCUT2D eigenvalue weighted by Gasteiger charge is -2.08. The van der Waals surface area contributed by atoms with E-state index in [1.54, 1.807) is 6.92 Å². The van der Waals surface area contributed by atoms with Crippen LogP contribution in [-0.4, -0.2) is 36.6 Å². The molecule has 0 aromatic heterocycles. The molecule has 0 aliphatic heterocycles. The van der Waals surface area contributed by atoms with E-state index in [9.17, 15) is 9.59 Å². The maximum atomic E-state index is 11.2. The minimum absolute atomic E-state index is 0.128. The molecular formula is C10H18N2O3. The lowest BCUT2D eigenvalue weighted by atomic mass is 10.2. The molecule has 0 radical (unpaired) electrons. The van der Waals surface area contributed by atoms with Crippen LogP contribution in [0.15, 0.2) is 0 Å². The van der Waals surface area contributed by atoms with Crippen molar-refractivity contribution in [3.63, 3.8) is 0 Å². The van der Waals surface area contributed by atoms with E-state index in [4.69, 9.17) is 5.11 Å². The predicted octanol–water partition coefficient (Wildman–Crippen LogP) is -0.177. The van der Waals surface area contributed by atoms with Crippen molar-refractivity contribution in [3.8, 4) is 0 Å². The van der Waals surface area contributed by atoms with Crippen molar-refractivity contribution in [2.75, 3.05) is 19.6 Å². The molecule has 1 amide bonds. The summed E-state index contributed by atoms with van der Waals surface area (Å²) < 4.78 is 0. The zero-order valence-electron chi connectivity index (χ0n) is 8.95. The Morgan fingerprint density at radius 1 is 1.40 bits per heavy atom. The van der Waals surface area contributed by atoms with Gasteiger partial charge in [0.2, 0.25) is 5.91 Å². The highest BCUT2D eigenvalue weighted by molar-refractivity contribution is 5.80. The quantitative estimate of drug-likeness (QED) is 0.514. The van der Waals surface area contributed by atoms with E-state index in [1.807, 2.05) is 0 Å². The second kappa shape index (κ2) is 5.70. The van der Waals surface area contributed by atoms with Crippen LogP contribution >= 0.6 is 0 Å². The van der Waals surface area contributed by atoms with Crippen LogP contribution in [0.25, 0.3) is 0 Å². The summed E-state index contributed by atoms with van der Waals surface area (Å²) in [5, 5.41) is 14.4. The van der Waals surface area contributed by atoms with Crippen molar-refractivity contribution >= 4 is 11.9 Å². The van der Waals surface area contributed by atoms with Crippen LogP contribution in [0.4, 0.5) is 0 Å². The van der Waals surface area contributed by atoms with Gasteiger partial charge >= 0.3 is 5.97 Å². The zero-order valence-corrected chi connectivity index (χ0v) is 8.95. The molecule has 1 saturated carbocycles. The first-order valence-electron chi connectivity index (χ1n) is 5.32. The molecule has 1 aliphatic rings. The Morgan fingerprint density at radius 3 is 2.60 bits per heavy atom. The van der Waals surface area contributed by atoms with Gasteiger partial charge in [0.1, 0.15) is 0 Å². The number of nitrogens with one attached hydrogen (secondary N) is 2. The average molecular weight is 214 g/mol.